The molecule has 0 spiro atoms. The molecule has 0 aliphatic heterocycles. The Morgan fingerprint density at radius 2 is 1.24 bits per heavy atom. The first-order chi connectivity index (χ1) is 10.4. The van der Waals surface area contributed by atoms with Crippen LogP contribution < -0.4 is 0 Å². The predicted octanol–water partition coefficient (Wildman–Crippen LogP) is 6.01. The zero-order chi connectivity index (χ0) is 14.5. The molecule has 2 aromatic carbocycles. The summed E-state index contributed by atoms with van der Waals surface area (Å²) in [5, 5.41) is 0. The smallest absolute Gasteiger partial charge is 0.207 e. The lowest BCUT2D eigenvalue weighted by Gasteiger charge is -1.99. The summed E-state index contributed by atoms with van der Waals surface area (Å²) in [5.41, 5.74) is 2.21. The molecule has 2 heteroatoms. The van der Waals surface area contributed by atoms with E-state index in [0.717, 1.165) is 28.4 Å². The zero-order valence-corrected chi connectivity index (χ0v) is 12.8. The minimum atomic E-state index is 0.910. The minimum Gasteiger partial charge on any atom is -0.207 e. The molecule has 0 fully saturated rings. The molecule has 0 saturated heterocycles. The van der Waals surface area contributed by atoms with Gasteiger partial charge in [-0.2, -0.15) is 0 Å². The van der Waals surface area contributed by atoms with Gasteiger partial charge in [-0.05, 0) is 30.0 Å². The summed E-state index contributed by atoms with van der Waals surface area (Å²) in [4.78, 5) is 1.24. The number of benzene rings is 2. The molecule has 104 valence electrons. The molecule has 21 heavy (non-hydrogen) atoms. The van der Waals surface area contributed by atoms with Crippen molar-refractivity contribution < 1.29 is 4.42 Å². The zero-order valence-electron chi connectivity index (χ0n) is 12.0. The highest BCUT2D eigenvalue weighted by atomic mass is 32.2. The van der Waals surface area contributed by atoms with Crippen molar-refractivity contribution in [3.8, 4) is 22.6 Å². The molecule has 1 aromatic heterocycles. The molecule has 0 aliphatic carbocycles. The van der Waals surface area contributed by atoms with E-state index >= 15 is 0 Å². The van der Waals surface area contributed by atoms with Crippen LogP contribution in [0.1, 0.15) is 6.92 Å². The Labute approximate surface area is 129 Å². The Balaban J connectivity index is 2.11. The van der Waals surface area contributed by atoms with E-state index in [1.807, 2.05) is 48.2 Å². The van der Waals surface area contributed by atoms with Crippen LogP contribution in [-0.4, -0.2) is 5.75 Å². The fraction of sp³-hybridized carbons (Fsp3) is 0.105. The van der Waals surface area contributed by atoms with Crippen molar-refractivity contribution in [3.63, 3.8) is 0 Å². The minimum absolute atomic E-state index is 0.910. The van der Waals surface area contributed by atoms with Gasteiger partial charge in [-0.25, -0.2) is 4.42 Å². The van der Waals surface area contributed by atoms with Crippen LogP contribution >= 0.6 is 11.8 Å². The summed E-state index contributed by atoms with van der Waals surface area (Å²) in [6, 6.07) is 24.7. The third kappa shape index (κ3) is 3.34. The topological polar surface area (TPSA) is 11.3 Å². The van der Waals surface area contributed by atoms with Crippen LogP contribution in [0.15, 0.2) is 82.1 Å². The van der Waals surface area contributed by atoms with Gasteiger partial charge in [-0.3, -0.25) is 0 Å². The SMILES string of the molecule is CCSc1cc(-c2ccccc2)[o+]c(-c2ccccc2)c1. The fourth-order valence-electron chi connectivity index (χ4n) is 2.22. The van der Waals surface area contributed by atoms with Gasteiger partial charge in [-0.1, -0.05) is 43.3 Å². The second kappa shape index (κ2) is 6.59. The number of thioether (sulfide) groups is 1. The van der Waals surface area contributed by atoms with Crippen LogP contribution in [0.3, 0.4) is 0 Å². The Kier molecular flexibility index (Phi) is 4.37. The predicted molar refractivity (Wildman–Crippen MR) is 90.4 cm³/mol. The van der Waals surface area contributed by atoms with Gasteiger partial charge in [0.05, 0.1) is 23.3 Å². The average Bonchev–Trinajstić information content (AvgIpc) is 2.56. The van der Waals surface area contributed by atoms with Crippen LogP contribution in [0.25, 0.3) is 22.6 Å². The molecular formula is C19H17OS+. The van der Waals surface area contributed by atoms with Gasteiger partial charge in [0.15, 0.2) is 0 Å². The number of rotatable bonds is 4. The first-order valence-electron chi connectivity index (χ1n) is 7.08. The van der Waals surface area contributed by atoms with Crippen molar-refractivity contribution in [1.29, 1.82) is 0 Å². The van der Waals surface area contributed by atoms with E-state index < -0.39 is 0 Å². The van der Waals surface area contributed by atoms with Gasteiger partial charge >= 0.3 is 11.5 Å². The Hall–Kier alpha value is -2.06. The Morgan fingerprint density at radius 1 is 0.762 bits per heavy atom. The van der Waals surface area contributed by atoms with Gasteiger partial charge < -0.3 is 0 Å². The van der Waals surface area contributed by atoms with Crippen LogP contribution in [0.5, 0.6) is 0 Å². The van der Waals surface area contributed by atoms with Gasteiger partial charge in [0.1, 0.15) is 0 Å². The maximum Gasteiger partial charge on any atom is 0.361 e. The van der Waals surface area contributed by atoms with Gasteiger partial charge in [0.25, 0.3) is 0 Å². The van der Waals surface area contributed by atoms with E-state index in [1.54, 1.807) is 0 Å². The lowest BCUT2D eigenvalue weighted by molar-refractivity contribution is 0.577. The first-order valence-corrected chi connectivity index (χ1v) is 8.07. The highest BCUT2D eigenvalue weighted by Crippen LogP contribution is 2.32. The van der Waals surface area contributed by atoms with Crippen molar-refractivity contribution in [2.24, 2.45) is 0 Å². The van der Waals surface area contributed by atoms with E-state index in [9.17, 15) is 0 Å². The maximum absolute atomic E-state index is 6.12. The molecule has 3 aromatic rings. The molecule has 0 bridgehead atoms. The highest BCUT2D eigenvalue weighted by molar-refractivity contribution is 7.99. The maximum atomic E-state index is 6.12. The summed E-state index contributed by atoms with van der Waals surface area (Å²) >= 11 is 1.83. The average molecular weight is 293 g/mol. The van der Waals surface area contributed by atoms with Crippen molar-refractivity contribution in [1.82, 2.24) is 0 Å². The van der Waals surface area contributed by atoms with Crippen molar-refractivity contribution in [2.75, 3.05) is 5.75 Å². The van der Waals surface area contributed by atoms with E-state index in [4.69, 9.17) is 4.42 Å². The molecule has 0 saturated carbocycles. The van der Waals surface area contributed by atoms with Crippen molar-refractivity contribution >= 4 is 11.8 Å². The molecule has 0 radical (unpaired) electrons. The quantitative estimate of drug-likeness (QED) is 0.431. The summed E-state index contributed by atoms with van der Waals surface area (Å²) in [5.74, 6) is 2.87. The van der Waals surface area contributed by atoms with Crippen molar-refractivity contribution in [2.45, 2.75) is 11.8 Å². The Morgan fingerprint density at radius 3 is 1.67 bits per heavy atom. The molecule has 0 aliphatic rings. The lowest BCUT2D eigenvalue weighted by atomic mass is 10.1. The van der Waals surface area contributed by atoms with E-state index in [0.29, 0.717) is 0 Å². The normalized spacial score (nSPS) is 10.5. The van der Waals surface area contributed by atoms with E-state index in [2.05, 4.69) is 43.3 Å². The molecule has 1 heterocycles. The second-order valence-corrected chi connectivity index (χ2v) is 6.02. The molecule has 0 unspecified atom stereocenters. The monoisotopic (exact) mass is 293 g/mol. The van der Waals surface area contributed by atoms with Gasteiger partial charge in [-0.15, -0.1) is 11.8 Å². The molecule has 1 nitrogen and oxygen atoms in total. The van der Waals surface area contributed by atoms with Gasteiger partial charge in [0, 0.05) is 4.90 Å². The highest BCUT2D eigenvalue weighted by Gasteiger charge is 2.19. The molecule has 0 amide bonds. The third-order valence-electron chi connectivity index (χ3n) is 3.19. The van der Waals surface area contributed by atoms with Crippen LogP contribution in [0, 0.1) is 0 Å². The first kappa shape index (κ1) is 13.9. The molecule has 0 atom stereocenters. The van der Waals surface area contributed by atoms with Crippen LogP contribution in [-0.2, 0) is 0 Å². The lowest BCUT2D eigenvalue weighted by Crippen LogP contribution is -1.84. The molecule has 3 rings (SSSR count). The van der Waals surface area contributed by atoms with E-state index in [1.165, 1.54) is 4.90 Å². The summed E-state index contributed by atoms with van der Waals surface area (Å²) in [6.07, 6.45) is 0. The largest absolute Gasteiger partial charge is 0.361 e. The number of hydrogen-bond donors (Lipinski definition) is 0. The van der Waals surface area contributed by atoms with Crippen molar-refractivity contribution in [3.05, 3.63) is 72.8 Å². The Bertz CT molecular complexity index is 650. The third-order valence-corrected chi connectivity index (χ3v) is 4.05. The standard InChI is InChI=1S/C19H17OS/c1-2-21-17-13-18(15-9-5-3-6-10-15)20-19(14-17)16-11-7-4-8-12-16/h3-14H,2H2,1H3/q+1. The second-order valence-electron chi connectivity index (χ2n) is 4.69. The molecule has 0 N–H and O–H groups in total. The summed E-state index contributed by atoms with van der Waals surface area (Å²) < 4.78 is 6.12. The van der Waals surface area contributed by atoms with Gasteiger partial charge in [0.2, 0.25) is 0 Å². The summed E-state index contributed by atoms with van der Waals surface area (Å²) in [6.45, 7) is 2.17. The molecular weight excluding hydrogens is 276 g/mol. The van der Waals surface area contributed by atoms with Crippen LogP contribution in [0.2, 0.25) is 0 Å². The van der Waals surface area contributed by atoms with Crippen LogP contribution in [0.4, 0.5) is 0 Å². The van der Waals surface area contributed by atoms with E-state index in [-0.39, 0.29) is 0 Å². The summed E-state index contributed by atoms with van der Waals surface area (Å²) in [7, 11) is 0. The number of hydrogen-bond acceptors (Lipinski definition) is 1. The fourth-order valence-corrected chi connectivity index (χ4v) is 2.93.